The average molecular weight is 232 g/mol. The molecule has 0 fully saturated rings. The first-order valence-electron chi connectivity index (χ1n) is 6.42. The first kappa shape index (κ1) is 12.2. The van der Waals surface area contributed by atoms with Gasteiger partial charge >= 0.3 is 0 Å². The van der Waals surface area contributed by atoms with Crippen molar-refractivity contribution in [3.05, 3.63) is 35.9 Å². The summed E-state index contributed by atoms with van der Waals surface area (Å²) in [4.78, 5) is 0. The molecule has 1 atom stereocenters. The third-order valence-electron chi connectivity index (χ3n) is 3.12. The highest BCUT2D eigenvalue weighted by molar-refractivity contribution is 5.71. The van der Waals surface area contributed by atoms with E-state index in [9.17, 15) is 5.11 Å². The van der Waals surface area contributed by atoms with Crippen LogP contribution in [-0.2, 0) is 0 Å². The summed E-state index contributed by atoms with van der Waals surface area (Å²) >= 11 is 0. The van der Waals surface area contributed by atoms with Gasteiger partial charge in [0.25, 0.3) is 0 Å². The molecular weight excluding hydrogens is 212 g/mol. The average Bonchev–Trinajstić information content (AvgIpc) is 2.55. The molecule has 0 radical (unpaired) electrons. The van der Waals surface area contributed by atoms with Gasteiger partial charge in [0, 0.05) is 5.56 Å². The molecule has 1 aliphatic carbocycles. The van der Waals surface area contributed by atoms with Crippen LogP contribution in [0.2, 0.25) is 0 Å². The van der Waals surface area contributed by atoms with E-state index in [1.165, 1.54) is 5.57 Å². The van der Waals surface area contributed by atoms with Gasteiger partial charge in [0.2, 0.25) is 0 Å². The predicted octanol–water partition coefficient (Wildman–Crippen LogP) is 3.40. The molecular formula is C15H20O2. The standard InChI is InChI=1S/C15H20O2/c1-2-17-15-10-6-5-9-14(15)12-7-3-4-8-13(16)11-12/h5-6,9-11,13,16H,2-4,7-8H2,1H3. The van der Waals surface area contributed by atoms with Crippen molar-refractivity contribution >= 4 is 5.57 Å². The summed E-state index contributed by atoms with van der Waals surface area (Å²) < 4.78 is 5.64. The third kappa shape index (κ3) is 3.10. The smallest absolute Gasteiger partial charge is 0.126 e. The molecule has 92 valence electrons. The lowest BCUT2D eigenvalue weighted by molar-refractivity contribution is 0.211. The highest BCUT2D eigenvalue weighted by Crippen LogP contribution is 2.32. The van der Waals surface area contributed by atoms with Crippen molar-refractivity contribution in [1.29, 1.82) is 0 Å². The number of hydrogen-bond donors (Lipinski definition) is 1. The minimum atomic E-state index is -0.304. The molecule has 2 nitrogen and oxygen atoms in total. The van der Waals surface area contributed by atoms with Crippen LogP contribution in [0.1, 0.15) is 38.2 Å². The van der Waals surface area contributed by atoms with Crippen LogP contribution in [0.15, 0.2) is 30.3 Å². The van der Waals surface area contributed by atoms with Crippen LogP contribution in [0.3, 0.4) is 0 Å². The van der Waals surface area contributed by atoms with Crippen molar-refractivity contribution in [3.63, 3.8) is 0 Å². The maximum Gasteiger partial charge on any atom is 0.126 e. The Balaban J connectivity index is 2.31. The van der Waals surface area contributed by atoms with Crippen LogP contribution in [0, 0.1) is 0 Å². The number of rotatable bonds is 3. The first-order valence-corrected chi connectivity index (χ1v) is 6.42. The minimum Gasteiger partial charge on any atom is -0.493 e. The predicted molar refractivity (Wildman–Crippen MR) is 70.1 cm³/mol. The van der Waals surface area contributed by atoms with Crippen LogP contribution in [0.5, 0.6) is 5.75 Å². The lowest BCUT2D eigenvalue weighted by atomic mass is 10.00. The lowest BCUT2D eigenvalue weighted by Crippen LogP contribution is -2.01. The molecule has 1 aromatic carbocycles. The van der Waals surface area contributed by atoms with E-state index in [1.807, 2.05) is 31.2 Å². The van der Waals surface area contributed by atoms with Crippen molar-refractivity contribution in [1.82, 2.24) is 0 Å². The summed E-state index contributed by atoms with van der Waals surface area (Å²) in [7, 11) is 0. The lowest BCUT2D eigenvalue weighted by Gasteiger charge is -2.12. The van der Waals surface area contributed by atoms with Crippen molar-refractivity contribution in [2.45, 2.75) is 38.7 Å². The molecule has 17 heavy (non-hydrogen) atoms. The Morgan fingerprint density at radius 1 is 1.29 bits per heavy atom. The van der Waals surface area contributed by atoms with Gasteiger partial charge < -0.3 is 9.84 Å². The largest absolute Gasteiger partial charge is 0.493 e. The van der Waals surface area contributed by atoms with E-state index < -0.39 is 0 Å². The van der Waals surface area contributed by atoms with Crippen LogP contribution in [-0.4, -0.2) is 17.8 Å². The zero-order valence-corrected chi connectivity index (χ0v) is 10.4. The molecule has 2 rings (SSSR count). The summed E-state index contributed by atoms with van der Waals surface area (Å²) in [5.74, 6) is 0.926. The number of benzene rings is 1. The number of ether oxygens (including phenoxy) is 1. The van der Waals surface area contributed by atoms with Crippen LogP contribution < -0.4 is 4.74 Å². The maximum atomic E-state index is 9.82. The monoisotopic (exact) mass is 232 g/mol. The molecule has 1 aromatic rings. The molecule has 0 amide bonds. The van der Waals surface area contributed by atoms with Crippen molar-refractivity contribution in [2.75, 3.05) is 6.61 Å². The first-order chi connectivity index (χ1) is 8.31. The highest BCUT2D eigenvalue weighted by Gasteiger charge is 2.13. The van der Waals surface area contributed by atoms with Crippen molar-refractivity contribution < 1.29 is 9.84 Å². The molecule has 2 heteroatoms. The Bertz CT molecular complexity index is 396. The normalized spacial score (nSPS) is 20.6. The number of aliphatic hydroxyl groups excluding tert-OH is 1. The fourth-order valence-corrected chi connectivity index (χ4v) is 2.31. The van der Waals surface area contributed by atoms with E-state index in [1.54, 1.807) is 0 Å². The molecule has 0 saturated carbocycles. The van der Waals surface area contributed by atoms with E-state index in [2.05, 4.69) is 6.07 Å². The topological polar surface area (TPSA) is 29.5 Å². The van der Waals surface area contributed by atoms with Crippen molar-refractivity contribution in [2.24, 2.45) is 0 Å². The molecule has 0 spiro atoms. The van der Waals surface area contributed by atoms with Gasteiger partial charge in [-0.2, -0.15) is 0 Å². The Hall–Kier alpha value is -1.28. The van der Waals surface area contributed by atoms with Gasteiger partial charge in [-0.1, -0.05) is 30.7 Å². The Morgan fingerprint density at radius 2 is 2.12 bits per heavy atom. The molecule has 1 aliphatic rings. The fourth-order valence-electron chi connectivity index (χ4n) is 2.31. The summed E-state index contributed by atoms with van der Waals surface area (Å²) in [6.07, 6.45) is 5.83. The highest BCUT2D eigenvalue weighted by atomic mass is 16.5. The quantitative estimate of drug-likeness (QED) is 0.865. The van der Waals surface area contributed by atoms with Gasteiger partial charge in [0.15, 0.2) is 0 Å². The molecule has 0 bridgehead atoms. The zero-order chi connectivity index (χ0) is 12.1. The van der Waals surface area contributed by atoms with Crippen LogP contribution >= 0.6 is 0 Å². The number of aliphatic hydroxyl groups is 1. The summed E-state index contributed by atoms with van der Waals surface area (Å²) in [5.41, 5.74) is 2.36. The second kappa shape index (κ2) is 5.87. The number of para-hydroxylation sites is 1. The second-order valence-electron chi connectivity index (χ2n) is 4.43. The van der Waals surface area contributed by atoms with Crippen LogP contribution in [0.25, 0.3) is 5.57 Å². The molecule has 0 saturated heterocycles. The Kier molecular flexibility index (Phi) is 4.21. The zero-order valence-electron chi connectivity index (χ0n) is 10.4. The molecule has 0 heterocycles. The summed E-state index contributed by atoms with van der Waals surface area (Å²) in [6, 6.07) is 8.09. The SMILES string of the molecule is CCOc1ccccc1C1=CC(O)CCCC1. The van der Waals surface area contributed by atoms with E-state index in [-0.39, 0.29) is 6.10 Å². The third-order valence-corrected chi connectivity index (χ3v) is 3.12. The molecule has 0 aliphatic heterocycles. The van der Waals surface area contributed by atoms with Gasteiger partial charge in [-0.3, -0.25) is 0 Å². The number of hydrogen-bond acceptors (Lipinski definition) is 2. The van der Waals surface area contributed by atoms with Crippen molar-refractivity contribution in [3.8, 4) is 5.75 Å². The van der Waals surface area contributed by atoms with Gasteiger partial charge in [0.1, 0.15) is 5.75 Å². The van der Waals surface area contributed by atoms with Gasteiger partial charge in [-0.15, -0.1) is 0 Å². The van der Waals surface area contributed by atoms with E-state index >= 15 is 0 Å². The van der Waals surface area contributed by atoms with E-state index in [0.717, 1.165) is 37.0 Å². The van der Waals surface area contributed by atoms with Gasteiger partial charge in [-0.05, 0) is 37.8 Å². The fraction of sp³-hybridized carbons (Fsp3) is 0.467. The van der Waals surface area contributed by atoms with Gasteiger partial charge in [-0.25, -0.2) is 0 Å². The summed E-state index contributed by atoms with van der Waals surface area (Å²) in [5, 5.41) is 9.82. The second-order valence-corrected chi connectivity index (χ2v) is 4.43. The number of allylic oxidation sites excluding steroid dienone is 1. The van der Waals surface area contributed by atoms with Crippen LogP contribution in [0.4, 0.5) is 0 Å². The summed E-state index contributed by atoms with van der Waals surface area (Å²) in [6.45, 7) is 2.67. The van der Waals surface area contributed by atoms with E-state index in [4.69, 9.17) is 4.74 Å². The van der Waals surface area contributed by atoms with Gasteiger partial charge in [0.05, 0.1) is 12.7 Å². The Morgan fingerprint density at radius 3 is 2.94 bits per heavy atom. The molecule has 0 aromatic heterocycles. The molecule has 1 unspecified atom stereocenters. The van der Waals surface area contributed by atoms with E-state index in [0.29, 0.717) is 6.61 Å². The molecule has 1 N–H and O–H groups in total. The Labute approximate surface area is 103 Å². The minimum absolute atomic E-state index is 0.304. The maximum absolute atomic E-state index is 9.82.